The number of hydrogen-bond acceptors (Lipinski definition) is 0. The maximum absolute atomic E-state index is 1.60. The maximum atomic E-state index is 1.60. The van der Waals surface area contributed by atoms with Crippen LogP contribution in [0, 0.1) is 23.7 Å². The van der Waals surface area contributed by atoms with Crippen molar-refractivity contribution in [2.75, 3.05) is 0 Å². The molecule has 0 amide bonds. The summed E-state index contributed by atoms with van der Waals surface area (Å²) in [6, 6.07) is 0. The fraction of sp³-hybridized carbons (Fsp3) is 1.00. The molecule has 3 fully saturated rings. The molecule has 98 valence electrons. The van der Waals surface area contributed by atoms with Crippen LogP contribution >= 0.6 is 0 Å². The predicted octanol–water partition coefficient (Wildman–Crippen LogP) is 5.56. The molecule has 0 aliphatic heterocycles. The van der Waals surface area contributed by atoms with Gasteiger partial charge in [0.05, 0.1) is 0 Å². The van der Waals surface area contributed by atoms with Gasteiger partial charge in [-0.25, -0.2) is 0 Å². The average molecular weight is 234 g/mol. The second-order valence-electron chi connectivity index (χ2n) is 7.31. The van der Waals surface area contributed by atoms with Gasteiger partial charge in [-0.3, -0.25) is 0 Å². The molecule has 17 heavy (non-hydrogen) atoms. The molecular weight excluding hydrogens is 204 g/mol. The Morgan fingerprint density at radius 2 is 1.24 bits per heavy atom. The van der Waals surface area contributed by atoms with Gasteiger partial charge >= 0.3 is 0 Å². The summed E-state index contributed by atoms with van der Waals surface area (Å²) in [5.74, 6) is 4.54. The molecule has 0 heteroatoms. The summed E-state index contributed by atoms with van der Waals surface area (Å²) in [4.78, 5) is 0. The van der Waals surface area contributed by atoms with E-state index < -0.39 is 0 Å². The fourth-order valence-corrected chi connectivity index (χ4v) is 4.13. The molecule has 0 aromatic heterocycles. The van der Waals surface area contributed by atoms with E-state index in [2.05, 4.69) is 0 Å². The smallest absolute Gasteiger partial charge is 0.0409 e. The monoisotopic (exact) mass is 234 g/mol. The fourth-order valence-electron chi connectivity index (χ4n) is 4.13. The Kier molecular flexibility index (Phi) is 4.08. The van der Waals surface area contributed by atoms with Gasteiger partial charge in [-0.05, 0) is 36.5 Å². The van der Waals surface area contributed by atoms with Crippen LogP contribution in [0.2, 0.25) is 0 Å². The zero-order valence-electron chi connectivity index (χ0n) is 11.5. The highest BCUT2D eigenvalue weighted by molar-refractivity contribution is 4.81. The lowest BCUT2D eigenvalue weighted by Gasteiger charge is -2.28. The first-order valence-corrected chi connectivity index (χ1v) is 8.40. The molecule has 3 aliphatic carbocycles. The quantitative estimate of drug-likeness (QED) is 0.540. The molecule has 0 nitrogen and oxygen atoms in total. The Morgan fingerprint density at radius 3 is 1.76 bits per heavy atom. The second kappa shape index (κ2) is 5.76. The van der Waals surface area contributed by atoms with Crippen molar-refractivity contribution in [3.63, 3.8) is 0 Å². The highest BCUT2D eigenvalue weighted by Crippen LogP contribution is 2.42. The first-order chi connectivity index (χ1) is 8.40. The normalized spacial score (nSPS) is 28.2. The van der Waals surface area contributed by atoms with E-state index in [0.717, 1.165) is 23.7 Å². The van der Waals surface area contributed by atoms with E-state index in [4.69, 9.17) is 0 Å². The molecular formula is C17H30. The molecule has 0 aromatic rings. The molecule has 3 saturated carbocycles. The summed E-state index contributed by atoms with van der Waals surface area (Å²) >= 11 is 0. The molecule has 0 N–H and O–H groups in total. The lowest BCUT2D eigenvalue weighted by atomic mass is 9.78. The summed E-state index contributed by atoms with van der Waals surface area (Å²) in [6.45, 7) is 0. The van der Waals surface area contributed by atoms with Gasteiger partial charge in [0.2, 0.25) is 0 Å². The first-order valence-electron chi connectivity index (χ1n) is 8.40. The van der Waals surface area contributed by atoms with Crippen molar-refractivity contribution in [3.8, 4) is 0 Å². The minimum absolute atomic E-state index is 1.12. The molecule has 0 radical (unpaired) electrons. The third kappa shape index (κ3) is 3.73. The Labute approximate surface area is 108 Å². The maximum Gasteiger partial charge on any atom is -0.0409 e. The molecule has 0 spiro atoms. The summed E-state index contributed by atoms with van der Waals surface area (Å²) in [5, 5.41) is 0. The van der Waals surface area contributed by atoms with E-state index in [0.29, 0.717) is 0 Å². The average Bonchev–Trinajstić information content (AvgIpc) is 2.91. The zero-order valence-corrected chi connectivity index (χ0v) is 11.5. The van der Waals surface area contributed by atoms with Crippen LogP contribution in [0.15, 0.2) is 0 Å². The lowest BCUT2D eigenvalue weighted by Crippen LogP contribution is -2.14. The minimum Gasteiger partial charge on any atom is -0.0530 e. The predicted molar refractivity (Wildman–Crippen MR) is 74.0 cm³/mol. The van der Waals surface area contributed by atoms with Crippen LogP contribution in [0.25, 0.3) is 0 Å². The van der Waals surface area contributed by atoms with Gasteiger partial charge in [-0.1, -0.05) is 70.6 Å². The first kappa shape index (κ1) is 12.1. The van der Waals surface area contributed by atoms with Crippen LogP contribution in [-0.4, -0.2) is 0 Å². The van der Waals surface area contributed by atoms with Crippen molar-refractivity contribution in [2.24, 2.45) is 23.7 Å². The van der Waals surface area contributed by atoms with E-state index in [9.17, 15) is 0 Å². The molecule has 0 heterocycles. The highest BCUT2D eigenvalue weighted by atomic mass is 14.3. The molecule has 0 saturated heterocycles. The summed E-state index contributed by atoms with van der Waals surface area (Å²) in [6.07, 6.45) is 20.3. The molecule has 0 bridgehead atoms. The van der Waals surface area contributed by atoms with Crippen molar-refractivity contribution in [1.29, 1.82) is 0 Å². The Hall–Kier alpha value is 0. The molecule has 3 aliphatic rings. The van der Waals surface area contributed by atoms with Crippen LogP contribution in [0.1, 0.15) is 83.5 Å². The van der Waals surface area contributed by atoms with Gasteiger partial charge < -0.3 is 0 Å². The Morgan fingerprint density at radius 1 is 0.647 bits per heavy atom. The van der Waals surface area contributed by atoms with E-state index >= 15 is 0 Å². The Bertz CT molecular complexity index is 218. The zero-order chi connectivity index (χ0) is 11.5. The second-order valence-corrected chi connectivity index (χ2v) is 7.31. The largest absolute Gasteiger partial charge is 0.0530 e. The van der Waals surface area contributed by atoms with Gasteiger partial charge in [-0.15, -0.1) is 0 Å². The van der Waals surface area contributed by atoms with E-state index in [1.165, 1.54) is 19.3 Å². The minimum atomic E-state index is 1.12. The number of rotatable bonds is 7. The Balaban J connectivity index is 1.41. The van der Waals surface area contributed by atoms with Gasteiger partial charge in [0.25, 0.3) is 0 Å². The standard InChI is InChI=1S/C17H30/c1-2-5-15(4-1)12-17(13-16-9-10-16)11-8-14-6-3-7-14/h14-17H,1-13H2. The van der Waals surface area contributed by atoms with Crippen molar-refractivity contribution < 1.29 is 0 Å². The summed E-state index contributed by atoms with van der Waals surface area (Å²) in [7, 11) is 0. The van der Waals surface area contributed by atoms with Crippen LogP contribution in [0.5, 0.6) is 0 Å². The molecule has 1 atom stereocenters. The van der Waals surface area contributed by atoms with Crippen LogP contribution < -0.4 is 0 Å². The molecule has 1 unspecified atom stereocenters. The van der Waals surface area contributed by atoms with Crippen molar-refractivity contribution in [1.82, 2.24) is 0 Å². The van der Waals surface area contributed by atoms with Gasteiger partial charge in [0.15, 0.2) is 0 Å². The third-order valence-electron chi connectivity index (χ3n) is 5.71. The lowest BCUT2D eigenvalue weighted by molar-refractivity contribution is 0.243. The van der Waals surface area contributed by atoms with Gasteiger partial charge in [0, 0.05) is 0 Å². The summed E-state index contributed by atoms with van der Waals surface area (Å²) < 4.78 is 0. The summed E-state index contributed by atoms with van der Waals surface area (Å²) in [5.41, 5.74) is 0. The highest BCUT2D eigenvalue weighted by Gasteiger charge is 2.28. The van der Waals surface area contributed by atoms with Crippen LogP contribution in [-0.2, 0) is 0 Å². The van der Waals surface area contributed by atoms with Gasteiger partial charge in [-0.2, -0.15) is 0 Å². The van der Waals surface area contributed by atoms with E-state index in [1.54, 1.807) is 64.2 Å². The number of hydrogen-bond donors (Lipinski definition) is 0. The van der Waals surface area contributed by atoms with E-state index in [1.807, 2.05) is 0 Å². The van der Waals surface area contributed by atoms with Gasteiger partial charge in [0.1, 0.15) is 0 Å². The van der Waals surface area contributed by atoms with Crippen molar-refractivity contribution >= 4 is 0 Å². The topological polar surface area (TPSA) is 0 Å². The van der Waals surface area contributed by atoms with Crippen molar-refractivity contribution in [2.45, 2.75) is 83.5 Å². The van der Waals surface area contributed by atoms with E-state index in [-0.39, 0.29) is 0 Å². The van der Waals surface area contributed by atoms with Crippen LogP contribution in [0.4, 0.5) is 0 Å². The van der Waals surface area contributed by atoms with Crippen molar-refractivity contribution in [3.05, 3.63) is 0 Å². The SMILES string of the molecule is C1CC(CCC(CC2CCCC2)CC2CC2)C1. The molecule has 3 rings (SSSR count). The third-order valence-corrected chi connectivity index (χ3v) is 5.71. The molecule has 0 aromatic carbocycles. The van der Waals surface area contributed by atoms with Crippen LogP contribution in [0.3, 0.4) is 0 Å².